The summed E-state index contributed by atoms with van der Waals surface area (Å²) in [6.45, 7) is 3.99. The van der Waals surface area contributed by atoms with Crippen LogP contribution in [0.3, 0.4) is 0 Å². The van der Waals surface area contributed by atoms with Crippen LogP contribution in [0.2, 0.25) is 0 Å². The molecule has 5 heteroatoms. The SMILES string of the molecule is Cc1cc(C)n(-c2nc3ccccn3c2CCl)n1. The van der Waals surface area contributed by atoms with Gasteiger partial charge in [-0.15, -0.1) is 11.6 Å². The zero-order valence-corrected chi connectivity index (χ0v) is 11.0. The number of aromatic nitrogens is 4. The molecular formula is C13H13ClN4. The molecule has 0 spiro atoms. The van der Waals surface area contributed by atoms with Gasteiger partial charge in [0.25, 0.3) is 0 Å². The van der Waals surface area contributed by atoms with Crippen LogP contribution in [0.4, 0.5) is 0 Å². The zero-order chi connectivity index (χ0) is 12.7. The van der Waals surface area contributed by atoms with E-state index in [-0.39, 0.29) is 0 Å². The average Bonchev–Trinajstić information content (AvgIpc) is 2.88. The minimum Gasteiger partial charge on any atom is -0.301 e. The van der Waals surface area contributed by atoms with Gasteiger partial charge in [-0.2, -0.15) is 5.10 Å². The van der Waals surface area contributed by atoms with E-state index in [0.29, 0.717) is 5.88 Å². The normalized spacial score (nSPS) is 11.3. The quantitative estimate of drug-likeness (QED) is 0.664. The van der Waals surface area contributed by atoms with Crippen molar-refractivity contribution in [1.82, 2.24) is 19.2 Å². The first-order chi connectivity index (χ1) is 8.70. The second-order valence-corrected chi connectivity index (χ2v) is 4.55. The molecule has 0 unspecified atom stereocenters. The van der Waals surface area contributed by atoms with Gasteiger partial charge in [-0.25, -0.2) is 9.67 Å². The van der Waals surface area contributed by atoms with Gasteiger partial charge in [-0.3, -0.25) is 0 Å². The zero-order valence-electron chi connectivity index (χ0n) is 10.3. The van der Waals surface area contributed by atoms with E-state index >= 15 is 0 Å². The summed E-state index contributed by atoms with van der Waals surface area (Å²) in [5.74, 6) is 1.21. The number of rotatable bonds is 2. The Morgan fingerprint density at radius 3 is 2.78 bits per heavy atom. The average molecular weight is 261 g/mol. The van der Waals surface area contributed by atoms with Gasteiger partial charge in [0, 0.05) is 11.9 Å². The van der Waals surface area contributed by atoms with E-state index in [9.17, 15) is 0 Å². The highest BCUT2D eigenvalue weighted by molar-refractivity contribution is 6.17. The van der Waals surface area contributed by atoms with Gasteiger partial charge >= 0.3 is 0 Å². The molecule has 3 rings (SSSR count). The van der Waals surface area contributed by atoms with E-state index in [4.69, 9.17) is 11.6 Å². The number of hydrogen-bond donors (Lipinski definition) is 0. The van der Waals surface area contributed by atoms with Gasteiger partial charge in [0.1, 0.15) is 5.65 Å². The Bertz CT molecular complexity index is 711. The Labute approximate surface area is 110 Å². The molecule has 0 amide bonds. The van der Waals surface area contributed by atoms with Crippen LogP contribution < -0.4 is 0 Å². The molecule has 0 saturated carbocycles. The molecule has 0 atom stereocenters. The smallest absolute Gasteiger partial charge is 0.177 e. The summed E-state index contributed by atoms with van der Waals surface area (Å²) >= 11 is 6.06. The van der Waals surface area contributed by atoms with Crippen LogP contribution in [0.15, 0.2) is 30.5 Å². The van der Waals surface area contributed by atoms with Crippen molar-refractivity contribution in [3.63, 3.8) is 0 Å². The maximum absolute atomic E-state index is 6.06. The lowest BCUT2D eigenvalue weighted by molar-refractivity contribution is 0.803. The lowest BCUT2D eigenvalue weighted by Gasteiger charge is -2.02. The van der Waals surface area contributed by atoms with Crippen molar-refractivity contribution >= 4 is 17.2 Å². The summed E-state index contributed by atoms with van der Waals surface area (Å²) in [6, 6.07) is 7.92. The highest BCUT2D eigenvalue weighted by Gasteiger charge is 2.15. The lowest BCUT2D eigenvalue weighted by atomic mass is 10.4. The number of pyridine rings is 1. The molecule has 3 aromatic heterocycles. The van der Waals surface area contributed by atoms with Crippen molar-refractivity contribution in [3.05, 3.63) is 47.5 Å². The van der Waals surface area contributed by atoms with Crippen LogP contribution >= 0.6 is 11.6 Å². The van der Waals surface area contributed by atoms with Crippen LogP contribution in [0.1, 0.15) is 17.1 Å². The van der Waals surface area contributed by atoms with Crippen LogP contribution in [0.25, 0.3) is 11.5 Å². The Kier molecular flexibility index (Phi) is 2.59. The molecule has 0 radical (unpaired) electrons. The highest BCUT2D eigenvalue weighted by Crippen LogP contribution is 2.20. The molecule has 3 aromatic rings. The number of fused-ring (bicyclic) bond motifs is 1. The summed E-state index contributed by atoms with van der Waals surface area (Å²) in [5.41, 5.74) is 3.88. The van der Waals surface area contributed by atoms with E-state index in [1.165, 1.54) is 0 Å². The first-order valence-electron chi connectivity index (χ1n) is 5.76. The Hall–Kier alpha value is -1.81. The van der Waals surface area contributed by atoms with Gasteiger partial charge in [0.2, 0.25) is 0 Å². The largest absolute Gasteiger partial charge is 0.301 e. The van der Waals surface area contributed by atoms with Crippen molar-refractivity contribution in [2.24, 2.45) is 0 Å². The van der Waals surface area contributed by atoms with Crippen molar-refractivity contribution in [2.75, 3.05) is 0 Å². The minimum atomic E-state index is 0.402. The van der Waals surface area contributed by atoms with E-state index in [1.54, 1.807) is 0 Å². The Balaban J connectivity index is 2.32. The third kappa shape index (κ3) is 1.61. The maximum Gasteiger partial charge on any atom is 0.177 e. The fourth-order valence-corrected chi connectivity index (χ4v) is 2.42. The topological polar surface area (TPSA) is 35.1 Å². The van der Waals surface area contributed by atoms with Gasteiger partial charge in [-0.1, -0.05) is 6.07 Å². The summed E-state index contributed by atoms with van der Waals surface area (Å²) < 4.78 is 3.85. The summed E-state index contributed by atoms with van der Waals surface area (Å²) in [5, 5.41) is 4.47. The molecule has 3 heterocycles. The number of halogens is 1. The fraction of sp³-hybridized carbons (Fsp3) is 0.231. The molecule has 0 bridgehead atoms. The highest BCUT2D eigenvalue weighted by atomic mass is 35.5. The summed E-state index contributed by atoms with van der Waals surface area (Å²) in [7, 11) is 0. The summed E-state index contributed by atoms with van der Waals surface area (Å²) in [4.78, 5) is 4.61. The first kappa shape index (κ1) is 11.3. The van der Waals surface area contributed by atoms with Crippen molar-refractivity contribution in [3.8, 4) is 5.82 Å². The third-order valence-corrected chi connectivity index (χ3v) is 3.20. The second kappa shape index (κ2) is 4.14. The molecule has 0 fully saturated rings. The molecular weight excluding hydrogens is 248 g/mol. The first-order valence-corrected chi connectivity index (χ1v) is 6.29. The van der Waals surface area contributed by atoms with Gasteiger partial charge in [-0.05, 0) is 32.0 Å². The molecule has 0 N–H and O–H groups in total. The van der Waals surface area contributed by atoms with Crippen molar-refractivity contribution < 1.29 is 0 Å². The predicted octanol–water partition coefficient (Wildman–Crippen LogP) is 2.88. The number of aryl methyl sites for hydroxylation is 2. The fourth-order valence-electron chi connectivity index (χ4n) is 2.17. The van der Waals surface area contributed by atoms with Crippen LogP contribution in [-0.4, -0.2) is 19.2 Å². The molecule has 0 aliphatic carbocycles. The van der Waals surface area contributed by atoms with E-state index < -0.39 is 0 Å². The molecule has 18 heavy (non-hydrogen) atoms. The minimum absolute atomic E-state index is 0.402. The molecule has 92 valence electrons. The number of hydrogen-bond acceptors (Lipinski definition) is 2. The molecule has 0 aliphatic rings. The molecule has 0 aliphatic heterocycles. The Morgan fingerprint density at radius 1 is 1.28 bits per heavy atom. The van der Waals surface area contributed by atoms with E-state index in [0.717, 1.165) is 28.5 Å². The second-order valence-electron chi connectivity index (χ2n) is 4.28. The monoisotopic (exact) mass is 260 g/mol. The lowest BCUT2D eigenvalue weighted by Crippen LogP contribution is -2.03. The van der Waals surface area contributed by atoms with E-state index in [2.05, 4.69) is 10.1 Å². The van der Waals surface area contributed by atoms with Crippen LogP contribution in [0.5, 0.6) is 0 Å². The molecule has 0 saturated heterocycles. The predicted molar refractivity (Wildman–Crippen MR) is 71.3 cm³/mol. The summed E-state index contributed by atoms with van der Waals surface area (Å²) in [6.07, 6.45) is 1.97. The van der Waals surface area contributed by atoms with Crippen LogP contribution in [0, 0.1) is 13.8 Å². The number of nitrogens with zero attached hydrogens (tertiary/aromatic N) is 4. The van der Waals surface area contributed by atoms with Gasteiger partial charge < -0.3 is 4.40 Å². The van der Waals surface area contributed by atoms with Crippen LogP contribution in [-0.2, 0) is 5.88 Å². The van der Waals surface area contributed by atoms with Crippen molar-refractivity contribution in [2.45, 2.75) is 19.7 Å². The third-order valence-electron chi connectivity index (χ3n) is 2.94. The number of imidazole rings is 1. The molecule has 4 nitrogen and oxygen atoms in total. The van der Waals surface area contributed by atoms with Gasteiger partial charge in [0.05, 0.1) is 17.3 Å². The van der Waals surface area contributed by atoms with Gasteiger partial charge in [0.15, 0.2) is 5.82 Å². The number of alkyl halides is 1. The standard InChI is InChI=1S/C13H13ClN4/c1-9-7-10(2)18(16-9)13-11(8-14)17-6-4-3-5-12(17)15-13/h3-7H,8H2,1-2H3. The molecule has 0 aromatic carbocycles. The Morgan fingerprint density at radius 2 is 2.11 bits per heavy atom. The maximum atomic E-state index is 6.06. The van der Waals surface area contributed by atoms with E-state index in [1.807, 2.05) is 53.4 Å². The van der Waals surface area contributed by atoms with Crippen molar-refractivity contribution in [1.29, 1.82) is 0 Å².